The van der Waals surface area contributed by atoms with E-state index in [4.69, 9.17) is 16.6 Å². The lowest BCUT2D eigenvalue weighted by Crippen LogP contribution is -2.53. The molecule has 0 aliphatic carbocycles. The van der Waals surface area contributed by atoms with Gasteiger partial charge in [-0.1, -0.05) is 0 Å². The molecule has 0 spiro atoms. The number of aliphatic carboxylic acids is 1. The van der Waals surface area contributed by atoms with E-state index in [0.29, 0.717) is 12.2 Å². The minimum Gasteiger partial charge on any atom is -0.480 e. The quantitative estimate of drug-likeness (QED) is 0.194. The van der Waals surface area contributed by atoms with Crippen LogP contribution in [0.3, 0.4) is 0 Å². The van der Waals surface area contributed by atoms with E-state index in [-0.39, 0.29) is 12.8 Å². The Labute approximate surface area is 161 Å². The second-order valence-electron chi connectivity index (χ2n) is 5.80. The summed E-state index contributed by atoms with van der Waals surface area (Å²) >= 11 is 1.52. The number of carbonyl (C=O) groups excluding carboxylic acids is 4. The number of hydrogen-bond donors (Lipinski definition) is 6. The van der Waals surface area contributed by atoms with Crippen LogP contribution in [-0.4, -0.2) is 71.4 Å². The zero-order valence-electron chi connectivity index (χ0n) is 15.3. The fourth-order valence-electron chi connectivity index (χ4n) is 1.85. The van der Waals surface area contributed by atoms with Crippen LogP contribution in [0.25, 0.3) is 0 Å². The van der Waals surface area contributed by atoms with E-state index < -0.39 is 54.3 Å². The standard InChI is InChI=1S/C15H27N5O6S/c1-8(15(25)26)19-12(22)7-18-14(24)10(3-4-11(17)21)20-13(23)9(16)5-6-27-2/h8-10H,3-7,16H2,1-2H3,(H2,17,21)(H,18,24)(H,19,22)(H,20,23)(H,25,26). The van der Waals surface area contributed by atoms with Crippen molar-refractivity contribution < 1.29 is 29.1 Å². The van der Waals surface area contributed by atoms with Crippen LogP contribution in [0.1, 0.15) is 26.2 Å². The highest BCUT2D eigenvalue weighted by Gasteiger charge is 2.24. The molecular formula is C15H27N5O6S. The Bertz CT molecular complexity index is 559. The van der Waals surface area contributed by atoms with Crippen LogP contribution in [0.4, 0.5) is 0 Å². The van der Waals surface area contributed by atoms with Crippen LogP contribution in [0.5, 0.6) is 0 Å². The van der Waals surface area contributed by atoms with Crippen LogP contribution >= 0.6 is 11.8 Å². The Morgan fingerprint density at radius 3 is 2.22 bits per heavy atom. The molecule has 0 aromatic carbocycles. The molecule has 0 aromatic heterocycles. The molecule has 8 N–H and O–H groups in total. The lowest BCUT2D eigenvalue weighted by Gasteiger charge is -2.20. The fourth-order valence-corrected chi connectivity index (χ4v) is 2.34. The number of primary amides is 1. The minimum atomic E-state index is -1.22. The predicted octanol–water partition coefficient (Wildman–Crippen LogP) is -2.48. The van der Waals surface area contributed by atoms with Gasteiger partial charge in [-0.25, -0.2) is 0 Å². The Morgan fingerprint density at radius 2 is 1.70 bits per heavy atom. The number of nitrogens with two attached hydrogens (primary N) is 2. The van der Waals surface area contributed by atoms with E-state index in [1.54, 1.807) is 0 Å². The number of carboxylic acid groups (broad SMARTS) is 1. The van der Waals surface area contributed by atoms with Crippen LogP contribution in [0.2, 0.25) is 0 Å². The molecule has 11 nitrogen and oxygen atoms in total. The van der Waals surface area contributed by atoms with Gasteiger partial charge < -0.3 is 32.5 Å². The molecule has 0 heterocycles. The number of carboxylic acids is 1. The molecule has 27 heavy (non-hydrogen) atoms. The lowest BCUT2D eigenvalue weighted by molar-refractivity contribution is -0.141. The van der Waals surface area contributed by atoms with Gasteiger partial charge >= 0.3 is 5.97 Å². The molecule has 12 heteroatoms. The van der Waals surface area contributed by atoms with Gasteiger partial charge in [0.05, 0.1) is 12.6 Å². The van der Waals surface area contributed by atoms with Gasteiger partial charge in [0, 0.05) is 6.42 Å². The molecule has 0 saturated heterocycles. The van der Waals surface area contributed by atoms with Crippen LogP contribution in [0, 0.1) is 0 Å². The highest BCUT2D eigenvalue weighted by Crippen LogP contribution is 2.02. The summed E-state index contributed by atoms with van der Waals surface area (Å²) in [5, 5.41) is 15.6. The van der Waals surface area contributed by atoms with Crippen molar-refractivity contribution in [2.24, 2.45) is 11.5 Å². The van der Waals surface area contributed by atoms with Crippen molar-refractivity contribution in [3.63, 3.8) is 0 Å². The Kier molecular flexibility index (Phi) is 11.8. The molecule has 0 aliphatic heterocycles. The van der Waals surface area contributed by atoms with Crippen LogP contribution < -0.4 is 27.4 Å². The molecule has 0 rings (SSSR count). The number of rotatable bonds is 13. The van der Waals surface area contributed by atoms with E-state index in [1.165, 1.54) is 18.7 Å². The first-order chi connectivity index (χ1) is 12.6. The number of hydrogen-bond acceptors (Lipinski definition) is 7. The molecule has 0 bridgehead atoms. The van der Waals surface area contributed by atoms with Crippen molar-refractivity contribution in [2.45, 2.75) is 44.3 Å². The molecule has 4 amide bonds. The van der Waals surface area contributed by atoms with Gasteiger partial charge in [0.2, 0.25) is 23.6 Å². The molecule has 0 radical (unpaired) electrons. The maximum absolute atomic E-state index is 12.2. The summed E-state index contributed by atoms with van der Waals surface area (Å²) in [7, 11) is 0. The smallest absolute Gasteiger partial charge is 0.325 e. The number of thioether (sulfide) groups is 1. The first-order valence-corrected chi connectivity index (χ1v) is 9.60. The van der Waals surface area contributed by atoms with E-state index in [2.05, 4.69) is 16.0 Å². The highest BCUT2D eigenvalue weighted by molar-refractivity contribution is 7.98. The lowest BCUT2D eigenvalue weighted by atomic mass is 10.1. The largest absolute Gasteiger partial charge is 0.480 e. The van der Waals surface area contributed by atoms with Gasteiger partial charge in [-0.2, -0.15) is 11.8 Å². The summed E-state index contributed by atoms with van der Waals surface area (Å²) in [6, 6.07) is -3.04. The van der Waals surface area contributed by atoms with Crippen molar-refractivity contribution >= 4 is 41.4 Å². The van der Waals surface area contributed by atoms with Crippen LogP contribution in [-0.2, 0) is 24.0 Å². The van der Waals surface area contributed by atoms with E-state index in [0.717, 1.165) is 0 Å². The second kappa shape index (κ2) is 12.9. The summed E-state index contributed by atoms with van der Waals surface area (Å²) in [4.78, 5) is 57.6. The summed E-state index contributed by atoms with van der Waals surface area (Å²) in [6.45, 7) is 0.784. The minimum absolute atomic E-state index is 0.0602. The normalized spacial score (nSPS) is 13.7. The van der Waals surface area contributed by atoms with Crippen molar-refractivity contribution in [3.8, 4) is 0 Å². The second-order valence-corrected chi connectivity index (χ2v) is 6.78. The van der Waals surface area contributed by atoms with Gasteiger partial charge in [-0.05, 0) is 31.8 Å². The Hall–Kier alpha value is -2.34. The monoisotopic (exact) mass is 405 g/mol. The Balaban J connectivity index is 4.74. The average Bonchev–Trinajstić information content (AvgIpc) is 2.60. The van der Waals surface area contributed by atoms with Crippen LogP contribution in [0.15, 0.2) is 0 Å². The van der Waals surface area contributed by atoms with Gasteiger partial charge in [0.15, 0.2) is 0 Å². The third-order valence-electron chi connectivity index (χ3n) is 3.45. The highest BCUT2D eigenvalue weighted by atomic mass is 32.2. The maximum atomic E-state index is 12.2. The number of nitrogens with one attached hydrogen (secondary N) is 3. The molecule has 3 unspecified atom stereocenters. The van der Waals surface area contributed by atoms with Crippen molar-refractivity contribution in [1.82, 2.24) is 16.0 Å². The molecule has 0 fully saturated rings. The predicted molar refractivity (Wildman–Crippen MR) is 99.6 cm³/mol. The van der Waals surface area contributed by atoms with E-state index in [1.807, 2.05) is 6.26 Å². The summed E-state index contributed by atoms with van der Waals surface area (Å²) < 4.78 is 0. The van der Waals surface area contributed by atoms with E-state index >= 15 is 0 Å². The van der Waals surface area contributed by atoms with Gasteiger partial charge in [-0.15, -0.1) is 0 Å². The van der Waals surface area contributed by atoms with Gasteiger partial charge in [-0.3, -0.25) is 24.0 Å². The maximum Gasteiger partial charge on any atom is 0.325 e. The molecule has 0 aromatic rings. The molecule has 0 aliphatic rings. The fraction of sp³-hybridized carbons (Fsp3) is 0.667. The van der Waals surface area contributed by atoms with Gasteiger partial charge in [0.1, 0.15) is 12.1 Å². The molecule has 3 atom stereocenters. The molecule has 0 saturated carbocycles. The molecular weight excluding hydrogens is 378 g/mol. The first-order valence-electron chi connectivity index (χ1n) is 8.21. The van der Waals surface area contributed by atoms with Gasteiger partial charge in [0.25, 0.3) is 0 Å². The topological polar surface area (TPSA) is 194 Å². The van der Waals surface area contributed by atoms with Crippen molar-refractivity contribution in [3.05, 3.63) is 0 Å². The van der Waals surface area contributed by atoms with E-state index in [9.17, 15) is 24.0 Å². The first kappa shape index (κ1) is 24.7. The SMILES string of the molecule is CSCCC(N)C(=O)NC(CCC(N)=O)C(=O)NCC(=O)NC(C)C(=O)O. The van der Waals surface area contributed by atoms with Crippen molar-refractivity contribution in [1.29, 1.82) is 0 Å². The average molecular weight is 405 g/mol. The summed E-state index contributed by atoms with van der Waals surface area (Å²) in [5.41, 5.74) is 10.8. The van der Waals surface area contributed by atoms with Crippen molar-refractivity contribution in [2.75, 3.05) is 18.6 Å². The summed E-state index contributed by atoms with van der Waals surface area (Å²) in [5.74, 6) is -3.19. The zero-order chi connectivity index (χ0) is 21.0. The number of amides is 4. The molecule has 154 valence electrons. The Morgan fingerprint density at radius 1 is 1.07 bits per heavy atom. The number of carbonyl (C=O) groups is 5. The summed E-state index contributed by atoms with van der Waals surface area (Å²) in [6.07, 6.45) is 2.06. The third-order valence-corrected chi connectivity index (χ3v) is 4.10. The third kappa shape index (κ3) is 11.1. The zero-order valence-corrected chi connectivity index (χ0v) is 16.1.